The number of unbranched alkanes of at least 4 members (excludes halogenated alkanes) is 2. The number of aliphatic hydroxyl groups excluding tert-OH is 1. The number of amides is 2. The number of hydrogen-bond donors (Lipinski definition) is 2. The van der Waals surface area contributed by atoms with Crippen LogP contribution in [-0.4, -0.2) is 91.8 Å². The first-order valence-electron chi connectivity index (χ1n) is 14.9. The van der Waals surface area contributed by atoms with E-state index in [0.717, 1.165) is 36.8 Å². The van der Waals surface area contributed by atoms with Crippen molar-refractivity contribution < 1.29 is 33.6 Å². The van der Waals surface area contributed by atoms with Crippen molar-refractivity contribution >= 4 is 29.4 Å². The van der Waals surface area contributed by atoms with Crippen molar-refractivity contribution in [2.24, 2.45) is 4.99 Å². The van der Waals surface area contributed by atoms with Crippen LogP contribution >= 0.6 is 0 Å². The Balaban J connectivity index is 1.02. The lowest BCUT2D eigenvalue weighted by Gasteiger charge is -2.24. The summed E-state index contributed by atoms with van der Waals surface area (Å²) < 4.78 is 23.2. The topological polar surface area (TPSA) is 122 Å². The minimum atomic E-state index is -0.913. The highest BCUT2D eigenvalue weighted by Crippen LogP contribution is 2.40. The molecule has 3 atom stereocenters. The SMILES string of the molecule is C=C1CC2C=Nc3cc(OCCCCCOc4cc5c(cc4OC)C(=O)N4CC(=C)C[C@H]4C(O)N5)c(OC)cc3C(=O)N2C1. The minimum absolute atomic E-state index is 0.0744. The van der Waals surface area contributed by atoms with Crippen molar-refractivity contribution in [3.8, 4) is 23.0 Å². The van der Waals surface area contributed by atoms with E-state index >= 15 is 0 Å². The molecular formula is C33H38N4O7. The van der Waals surface area contributed by atoms with Gasteiger partial charge in [-0.15, -0.1) is 0 Å². The number of benzene rings is 2. The Kier molecular flexibility index (Phi) is 8.22. The molecule has 4 heterocycles. The molecule has 44 heavy (non-hydrogen) atoms. The predicted molar refractivity (Wildman–Crippen MR) is 166 cm³/mol. The molecule has 0 aromatic heterocycles. The fraction of sp³-hybridized carbons (Fsp3) is 0.424. The molecule has 2 N–H and O–H groups in total. The average molecular weight is 603 g/mol. The van der Waals surface area contributed by atoms with Crippen LogP contribution in [0.5, 0.6) is 23.0 Å². The largest absolute Gasteiger partial charge is 0.493 e. The molecule has 2 fully saturated rings. The first-order valence-corrected chi connectivity index (χ1v) is 14.9. The second-order valence-corrected chi connectivity index (χ2v) is 11.6. The van der Waals surface area contributed by atoms with Crippen molar-refractivity contribution in [3.63, 3.8) is 0 Å². The lowest BCUT2D eigenvalue weighted by molar-refractivity contribution is 0.0581. The Morgan fingerprint density at radius 2 is 1.45 bits per heavy atom. The Bertz CT molecular complexity index is 1540. The summed E-state index contributed by atoms with van der Waals surface area (Å²) in [5.41, 5.74) is 3.95. The molecule has 0 aliphatic carbocycles. The molecule has 2 unspecified atom stereocenters. The van der Waals surface area contributed by atoms with Gasteiger partial charge in [0.05, 0.1) is 62.0 Å². The molecule has 0 bridgehead atoms. The molecule has 2 aromatic carbocycles. The van der Waals surface area contributed by atoms with Crippen LogP contribution in [-0.2, 0) is 0 Å². The number of carbonyl (C=O) groups is 2. The zero-order valence-corrected chi connectivity index (χ0v) is 25.1. The zero-order valence-electron chi connectivity index (χ0n) is 25.1. The summed E-state index contributed by atoms with van der Waals surface area (Å²) in [5.74, 6) is 1.73. The van der Waals surface area contributed by atoms with Gasteiger partial charge < -0.3 is 39.2 Å². The molecule has 0 spiro atoms. The van der Waals surface area contributed by atoms with E-state index in [-0.39, 0.29) is 23.9 Å². The molecule has 11 nitrogen and oxygen atoms in total. The summed E-state index contributed by atoms with van der Waals surface area (Å²) >= 11 is 0. The number of carbonyl (C=O) groups excluding carboxylic acids is 2. The maximum absolute atomic E-state index is 13.2. The number of ether oxygens (including phenoxy) is 4. The fourth-order valence-electron chi connectivity index (χ4n) is 6.22. The van der Waals surface area contributed by atoms with Gasteiger partial charge in [0.25, 0.3) is 11.8 Å². The maximum Gasteiger partial charge on any atom is 0.257 e. The summed E-state index contributed by atoms with van der Waals surface area (Å²) in [5, 5.41) is 13.8. The summed E-state index contributed by atoms with van der Waals surface area (Å²) in [6, 6.07) is 6.42. The number of fused-ring (bicyclic) bond motifs is 4. The van der Waals surface area contributed by atoms with Gasteiger partial charge in [-0.25, -0.2) is 0 Å². The molecule has 4 aliphatic rings. The third-order valence-electron chi connectivity index (χ3n) is 8.51. The molecule has 0 radical (unpaired) electrons. The van der Waals surface area contributed by atoms with Gasteiger partial charge in [-0.2, -0.15) is 0 Å². The molecule has 2 aromatic rings. The monoisotopic (exact) mass is 602 g/mol. The van der Waals surface area contributed by atoms with E-state index in [9.17, 15) is 14.7 Å². The quantitative estimate of drug-likeness (QED) is 0.305. The van der Waals surface area contributed by atoms with Crippen LogP contribution in [0, 0.1) is 0 Å². The summed E-state index contributed by atoms with van der Waals surface area (Å²) in [4.78, 5) is 34.4. The third kappa shape index (κ3) is 5.59. The van der Waals surface area contributed by atoms with E-state index in [1.165, 1.54) is 7.11 Å². The highest BCUT2D eigenvalue weighted by Gasteiger charge is 2.40. The Morgan fingerprint density at radius 1 is 0.841 bits per heavy atom. The Labute approximate surface area is 256 Å². The van der Waals surface area contributed by atoms with Crippen LogP contribution in [0.15, 0.2) is 53.6 Å². The lowest BCUT2D eigenvalue weighted by atomic mass is 10.1. The molecule has 11 heteroatoms. The van der Waals surface area contributed by atoms with Gasteiger partial charge in [-0.1, -0.05) is 24.3 Å². The number of rotatable bonds is 10. The smallest absolute Gasteiger partial charge is 0.257 e. The molecule has 0 saturated carbocycles. The second-order valence-electron chi connectivity index (χ2n) is 11.6. The van der Waals surface area contributed by atoms with E-state index in [4.69, 9.17) is 18.9 Å². The van der Waals surface area contributed by atoms with E-state index < -0.39 is 6.23 Å². The molecule has 232 valence electrons. The van der Waals surface area contributed by atoms with Gasteiger partial charge >= 0.3 is 0 Å². The van der Waals surface area contributed by atoms with E-state index in [2.05, 4.69) is 23.5 Å². The summed E-state index contributed by atoms with van der Waals surface area (Å²) in [6.45, 7) is 9.86. The first kappa shape index (κ1) is 29.6. The average Bonchev–Trinajstić information content (AvgIpc) is 3.55. The minimum Gasteiger partial charge on any atom is -0.493 e. The van der Waals surface area contributed by atoms with Gasteiger partial charge in [-0.05, 0) is 44.2 Å². The molecule has 6 rings (SSSR count). The van der Waals surface area contributed by atoms with Crippen molar-refractivity contribution in [2.45, 2.75) is 50.4 Å². The highest BCUT2D eigenvalue weighted by atomic mass is 16.5. The number of anilines is 1. The van der Waals surface area contributed by atoms with Crippen LogP contribution in [0.1, 0.15) is 52.8 Å². The van der Waals surface area contributed by atoms with Crippen molar-refractivity contribution in [3.05, 3.63) is 59.7 Å². The molecular weight excluding hydrogens is 564 g/mol. The van der Waals surface area contributed by atoms with Gasteiger partial charge in [0.1, 0.15) is 6.23 Å². The van der Waals surface area contributed by atoms with Gasteiger partial charge in [0, 0.05) is 31.4 Å². The van der Waals surface area contributed by atoms with Gasteiger partial charge in [-0.3, -0.25) is 14.6 Å². The Hall–Kier alpha value is -4.51. The first-order chi connectivity index (χ1) is 21.3. The maximum atomic E-state index is 13.2. The van der Waals surface area contributed by atoms with Crippen LogP contribution in [0.25, 0.3) is 0 Å². The number of hydrogen-bond acceptors (Lipinski definition) is 9. The second kappa shape index (κ2) is 12.2. The lowest BCUT2D eigenvalue weighted by Crippen LogP contribution is -2.43. The predicted octanol–water partition coefficient (Wildman–Crippen LogP) is 4.33. The number of aliphatic hydroxyl groups is 1. The van der Waals surface area contributed by atoms with Gasteiger partial charge in [0.2, 0.25) is 0 Å². The van der Waals surface area contributed by atoms with Crippen LogP contribution in [0.4, 0.5) is 11.4 Å². The van der Waals surface area contributed by atoms with E-state index in [0.29, 0.717) is 78.2 Å². The van der Waals surface area contributed by atoms with Crippen molar-refractivity contribution in [1.82, 2.24) is 9.80 Å². The van der Waals surface area contributed by atoms with Crippen LogP contribution in [0.2, 0.25) is 0 Å². The molecule has 4 aliphatic heterocycles. The number of nitrogens with zero attached hydrogens (tertiary/aromatic N) is 3. The Morgan fingerprint density at radius 3 is 2.16 bits per heavy atom. The zero-order chi connectivity index (χ0) is 31.0. The summed E-state index contributed by atoms with van der Waals surface area (Å²) in [7, 11) is 3.09. The normalized spacial score (nSPS) is 22.0. The molecule has 2 saturated heterocycles. The van der Waals surface area contributed by atoms with Crippen molar-refractivity contribution in [1.29, 1.82) is 0 Å². The van der Waals surface area contributed by atoms with Crippen LogP contribution < -0.4 is 24.3 Å². The van der Waals surface area contributed by atoms with Crippen molar-refractivity contribution in [2.75, 3.05) is 45.8 Å². The fourth-order valence-corrected chi connectivity index (χ4v) is 6.22. The third-order valence-corrected chi connectivity index (χ3v) is 8.51. The highest BCUT2D eigenvalue weighted by molar-refractivity contribution is 6.04. The van der Waals surface area contributed by atoms with Gasteiger partial charge in [0.15, 0.2) is 23.0 Å². The number of aliphatic imine (C=N–C) groups is 1. The number of nitrogens with one attached hydrogen (secondary N) is 1. The molecule has 2 amide bonds. The van der Waals surface area contributed by atoms with Crippen LogP contribution in [0.3, 0.4) is 0 Å². The summed E-state index contributed by atoms with van der Waals surface area (Å²) in [6.07, 6.45) is 4.56. The standard InChI is InChI=1S/C33H38N4O7/c1-19-10-21-16-34-24-14-29(27(41-3)12-22(24)32(39)36(21)17-19)43-8-6-5-7-9-44-30-15-25-23(13-28(30)42-4)33(40)37-18-20(2)11-26(37)31(38)35-25/h12-16,21,26,31,35,38H,1-2,5-11,17-18H2,3-4H3/t21?,26-,31?/m0/s1. The van der Waals surface area contributed by atoms with E-state index in [1.807, 2.05) is 6.21 Å². The van der Waals surface area contributed by atoms with E-state index in [1.54, 1.807) is 41.2 Å². The number of methoxy groups -OCH3 is 2.